The normalized spacial score (nSPS) is 17.9. The van der Waals surface area contributed by atoms with E-state index in [1.165, 1.54) is 0 Å². The number of hydrogen-bond donors (Lipinski definition) is 0. The van der Waals surface area contributed by atoms with Crippen molar-refractivity contribution in [3.63, 3.8) is 0 Å². The van der Waals surface area contributed by atoms with E-state index in [9.17, 15) is 12.3 Å². The number of rotatable bonds is 5. The van der Waals surface area contributed by atoms with E-state index in [1.54, 1.807) is 28.4 Å². The molecule has 0 bridgehead atoms. The van der Waals surface area contributed by atoms with Gasteiger partial charge in [-0.25, -0.2) is 0 Å². The van der Waals surface area contributed by atoms with Crippen LogP contribution in [0, 0.1) is 0 Å². The highest BCUT2D eigenvalue weighted by atomic mass is 32.1. The summed E-state index contributed by atoms with van der Waals surface area (Å²) in [6.45, 7) is -3.62. The molecule has 0 radical (unpaired) electrons. The fraction of sp³-hybridized carbons (Fsp3) is 0.0400. The molecule has 250 valence electrons. The van der Waals surface area contributed by atoms with Crippen molar-refractivity contribution in [2.45, 2.75) is 12.3 Å². The van der Waals surface area contributed by atoms with Gasteiger partial charge in [-0.3, -0.25) is 0 Å². The largest absolute Gasteiger partial charge is 0.456 e. The molecule has 0 unspecified atom stereocenters. The van der Waals surface area contributed by atoms with Crippen LogP contribution in [0.15, 0.2) is 186 Å². The van der Waals surface area contributed by atoms with E-state index < -0.39 is 147 Å². The second-order valence-corrected chi connectivity index (χ2v) is 13.8. The van der Waals surface area contributed by atoms with Gasteiger partial charge in [0.25, 0.3) is 0 Å². The Morgan fingerprint density at radius 2 is 1.23 bits per heavy atom. The molecular formula is C50H33NOS. The molecule has 0 amide bonds. The number of furan rings is 1. The maximum Gasteiger partial charge on any atom is 0.137 e. The number of thiophene rings is 1. The minimum absolute atomic E-state index is 0.153. The molecule has 0 atom stereocenters. The zero-order valence-corrected chi connectivity index (χ0v) is 28.3. The van der Waals surface area contributed by atoms with E-state index in [0.29, 0.717) is 11.4 Å². The molecule has 2 nitrogen and oxygen atoms in total. The van der Waals surface area contributed by atoms with Crippen molar-refractivity contribution in [3.05, 3.63) is 198 Å². The Hall–Kier alpha value is -6.42. The van der Waals surface area contributed by atoms with Gasteiger partial charge in [-0.15, -0.1) is 11.3 Å². The molecular weight excluding hydrogens is 663 g/mol. The molecule has 3 heteroatoms. The Morgan fingerprint density at radius 3 is 2.02 bits per heavy atom. The maximum atomic E-state index is 9.95. The second kappa shape index (κ2) is 11.5. The molecule has 0 N–H and O–H groups in total. The predicted molar refractivity (Wildman–Crippen MR) is 224 cm³/mol. The molecule has 2 heterocycles. The van der Waals surface area contributed by atoms with Crippen molar-refractivity contribution < 1.29 is 27.7 Å². The monoisotopic (exact) mass is 712 g/mol. The number of benzene rings is 8. The fourth-order valence-electron chi connectivity index (χ4n) is 7.46. The quantitative estimate of drug-likeness (QED) is 0.177. The molecule has 53 heavy (non-hydrogen) atoms. The zero-order chi connectivity index (χ0) is 49.8. The number of anilines is 3. The number of nitrogens with zero attached hydrogens (tertiary/aromatic N) is 1. The summed E-state index contributed by atoms with van der Waals surface area (Å²) in [5.41, 5.74) is -4.89. The third-order valence-corrected chi connectivity index (χ3v) is 11.0. The molecule has 1 aliphatic carbocycles. The van der Waals surface area contributed by atoms with Crippen LogP contribution in [0.5, 0.6) is 0 Å². The van der Waals surface area contributed by atoms with Gasteiger partial charge in [-0.05, 0) is 94.3 Å². The van der Waals surface area contributed by atoms with Gasteiger partial charge in [-0.2, -0.15) is 0 Å². The molecule has 0 fully saturated rings. The third-order valence-electron chi connectivity index (χ3n) is 9.89. The molecule has 2 aromatic heterocycles. The minimum atomic E-state index is -3.62. The SMILES string of the molecule is [2H]c1c([2H])c([2H])c2c(c1[2H])-c1c([2H])c([2H])c([2H])c([2H])c1C2(c1c([2H])c([2H])c([2H])c2oc3c([2H])c(N(c4ccc(-c5ccccc5)cc4)c4ccc5c(c4)sc4ccccc45)c([2H])c([2H])c3c12)C([2H])([2H])[2H]. The summed E-state index contributed by atoms with van der Waals surface area (Å²) < 4.78 is 165. The van der Waals surface area contributed by atoms with E-state index in [2.05, 4.69) is 0 Å². The van der Waals surface area contributed by atoms with Crippen molar-refractivity contribution in [1.29, 1.82) is 0 Å². The van der Waals surface area contributed by atoms with Crippen molar-refractivity contribution in [1.82, 2.24) is 0 Å². The number of fused-ring (bicyclic) bond motifs is 9. The summed E-state index contributed by atoms with van der Waals surface area (Å²) in [6.07, 6.45) is 0. The molecule has 10 aromatic rings. The van der Waals surface area contributed by atoms with Gasteiger partial charge >= 0.3 is 0 Å². The second-order valence-electron chi connectivity index (χ2n) is 12.8. The first-order valence-corrected chi connectivity index (χ1v) is 17.6. The van der Waals surface area contributed by atoms with E-state index in [4.69, 9.17) is 15.4 Å². The molecule has 0 aliphatic heterocycles. The Balaban J connectivity index is 1.28. The van der Waals surface area contributed by atoms with Crippen LogP contribution >= 0.6 is 11.3 Å². The van der Waals surface area contributed by atoms with Crippen LogP contribution in [0.4, 0.5) is 17.1 Å². The zero-order valence-electron chi connectivity index (χ0n) is 44.5. The van der Waals surface area contributed by atoms with Crippen molar-refractivity contribution in [2.75, 3.05) is 4.90 Å². The third kappa shape index (κ3) is 4.51. The van der Waals surface area contributed by atoms with Crippen molar-refractivity contribution in [2.24, 2.45) is 0 Å². The predicted octanol–water partition coefficient (Wildman–Crippen LogP) is 14.4. The lowest BCUT2D eigenvalue weighted by molar-refractivity contribution is 0.666. The highest BCUT2D eigenvalue weighted by Crippen LogP contribution is 2.54. The molecule has 1 aliphatic rings. The molecule has 11 rings (SSSR count). The summed E-state index contributed by atoms with van der Waals surface area (Å²) >= 11 is 1.54. The van der Waals surface area contributed by atoms with Gasteiger partial charge in [0, 0.05) is 63.6 Å². The van der Waals surface area contributed by atoms with E-state index in [0.717, 1.165) is 31.3 Å². The van der Waals surface area contributed by atoms with Crippen LogP contribution in [0.3, 0.4) is 0 Å². The minimum Gasteiger partial charge on any atom is -0.456 e. The van der Waals surface area contributed by atoms with Gasteiger partial charge in [0.15, 0.2) is 0 Å². The molecule has 0 saturated carbocycles. The first kappa shape index (κ1) is 17.9. The van der Waals surface area contributed by atoms with Crippen LogP contribution < -0.4 is 4.90 Å². The lowest BCUT2D eigenvalue weighted by Gasteiger charge is -2.29. The summed E-state index contributed by atoms with van der Waals surface area (Å²) in [4.78, 5) is 1.63. The van der Waals surface area contributed by atoms with Crippen molar-refractivity contribution in [3.8, 4) is 22.3 Å². The summed E-state index contributed by atoms with van der Waals surface area (Å²) in [5.74, 6) is 0. The summed E-state index contributed by atoms with van der Waals surface area (Å²) in [5, 5.41) is 1.06. The van der Waals surface area contributed by atoms with Gasteiger partial charge in [0.05, 0.1) is 19.2 Å². The highest BCUT2D eigenvalue weighted by Gasteiger charge is 2.42. The van der Waals surface area contributed by atoms with Gasteiger partial charge < -0.3 is 9.32 Å². The van der Waals surface area contributed by atoms with E-state index >= 15 is 0 Å². The molecule has 0 saturated heterocycles. The highest BCUT2D eigenvalue weighted by molar-refractivity contribution is 7.25. The smallest absolute Gasteiger partial charge is 0.137 e. The van der Waals surface area contributed by atoms with Gasteiger partial charge in [0.1, 0.15) is 11.2 Å². The average Bonchev–Trinajstić information content (AvgIpc) is 4.04. The molecule has 8 aromatic carbocycles. The van der Waals surface area contributed by atoms with E-state index in [1.807, 2.05) is 84.9 Å². The van der Waals surface area contributed by atoms with Crippen molar-refractivity contribution >= 4 is 70.5 Å². The average molecular weight is 713 g/mol. The van der Waals surface area contributed by atoms with Gasteiger partial charge in [-0.1, -0.05) is 127 Å². The Morgan fingerprint density at radius 1 is 0.547 bits per heavy atom. The lowest BCUT2D eigenvalue weighted by atomic mass is 9.73. The molecule has 0 spiro atoms. The van der Waals surface area contributed by atoms with Crippen LogP contribution in [0.1, 0.15) is 46.8 Å². The Labute approximate surface area is 335 Å². The van der Waals surface area contributed by atoms with Crippen LogP contribution in [0.2, 0.25) is 0 Å². The summed E-state index contributed by atoms with van der Waals surface area (Å²) in [6, 6.07) is 19.2. The number of hydrogen-bond acceptors (Lipinski definition) is 3. The topological polar surface area (TPSA) is 16.4 Å². The maximum absolute atomic E-state index is 9.95. The van der Waals surface area contributed by atoms with Crippen LogP contribution in [-0.2, 0) is 5.41 Å². The summed E-state index contributed by atoms with van der Waals surface area (Å²) in [7, 11) is 0. The van der Waals surface area contributed by atoms with Gasteiger partial charge in [0.2, 0.25) is 0 Å². The lowest BCUT2D eigenvalue weighted by Crippen LogP contribution is -2.22. The standard InChI is InChI=1S/C50H33NOS/c1-50(42-17-8-5-14-37(42)38-15-6-9-18-43(38)50)44-19-11-20-45-49(44)41-29-27-35(30-46(41)52-45)51(34-24-22-33(23-25-34)32-12-3-2-4-13-32)36-26-28-40-39-16-7-10-21-47(39)53-48(40)31-36/h2-31H,1H3/i1D3,5D,6D,8D,9D,11D,14D,15D,17D,18D,19D,20D,27D,29D,30D. The van der Waals surface area contributed by atoms with Crippen LogP contribution in [0.25, 0.3) is 64.4 Å². The Kier molecular flexibility index (Phi) is 3.89. The van der Waals surface area contributed by atoms with E-state index in [-0.39, 0.29) is 5.69 Å². The first-order valence-electron chi connectivity index (χ1n) is 25.3. The first-order chi connectivity index (χ1) is 33.2. The fourth-order valence-corrected chi connectivity index (χ4v) is 8.60. The van der Waals surface area contributed by atoms with Crippen LogP contribution in [-0.4, -0.2) is 0 Å². The Bertz CT molecular complexity index is 3870.